The zero-order valence-corrected chi connectivity index (χ0v) is 10.7. The summed E-state index contributed by atoms with van der Waals surface area (Å²) in [6, 6.07) is 0.425. The molecule has 15 heavy (non-hydrogen) atoms. The molecule has 3 heteroatoms. The fraction of sp³-hybridized carbons (Fsp3) is 1.00. The first-order chi connectivity index (χ1) is 7.20. The second-order valence-corrected chi connectivity index (χ2v) is 4.04. The minimum Gasteiger partial charge on any atom is -0.381 e. The van der Waals surface area contributed by atoms with Gasteiger partial charge in [-0.05, 0) is 33.2 Å². The van der Waals surface area contributed by atoms with Crippen molar-refractivity contribution in [1.29, 1.82) is 0 Å². The predicted octanol–water partition coefficient (Wildman–Crippen LogP) is 2.21. The molecule has 0 rings (SSSR count). The number of hydrogen-bond donors (Lipinski definition) is 1. The Labute approximate surface area is 94.5 Å². The van der Waals surface area contributed by atoms with Gasteiger partial charge < -0.3 is 14.8 Å². The van der Waals surface area contributed by atoms with Crippen LogP contribution >= 0.6 is 0 Å². The molecular formula is C12H27NO2. The molecule has 0 aliphatic heterocycles. The summed E-state index contributed by atoms with van der Waals surface area (Å²) in [5, 5.41) is 3.41. The minimum absolute atomic E-state index is 0.308. The first-order valence-electron chi connectivity index (χ1n) is 6.13. The van der Waals surface area contributed by atoms with E-state index in [0.29, 0.717) is 12.1 Å². The molecule has 0 aromatic rings. The number of ether oxygens (including phenoxy) is 2. The lowest BCUT2D eigenvalue weighted by atomic mass is 10.2. The number of nitrogens with one attached hydrogen (secondary N) is 1. The molecule has 0 saturated heterocycles. The fourth-order valence-electron chi connectivity index (χ4n) is 1.31. The van der Waals surface area contributed by atoms with Crippen molar-refractivity contribution in [3.8, 4) is 0 Å². The molecule has 3 nitrogen and oxygen atoms in total. The molecule has 92 valence electrons. The molecule has 1 unspecified atom stereocenters. The van der Waals surface area contributed by atoms with Crippen LogP contribution in [0.15, 0.2) is 0 Å². The zero-order valence-electron chi connectivity index (χ0n) is 10.7. The molecule has 0 aliphatic rings. The average Bonchev–Trinajstić information content (AvgIpc) is 2.20. The van der Waals surface area contributed by atoms with Gasteiger partial charge in [-0.15, -0.1) is 0 Å². The van der Waals surface area contributed by atoms with Crippen LogP contribution in [-0.4, -0.2) is 38.5 Å². The quantitative estimate of drug-likeness (QED) is 0.569. The monoisotopic (exact) mass is 217 g/mol. The van der Waals surface area contributed by atoms with Crippen LogP contribution in [0, 0.1) is 0 Å². The standard InChI is InChI=1S/C12H27NO2/c1-5-8-14-9-7-12(13-6-2)10-15-11(3)4/h11-13H,5-10H2,1-4H3. The maximum Gasteiger partial charge on any atom is 0.0623 e. The van der Waals surface area contributed by atoms with E-state index < -0.39 is 0 Å². The average molecular weight is 217 g/mol. The lowest BCUT2D eigenvalue weighted by Crippen LogP contribution is -2.35. The number of hydrogen-bond acceptors (Lipinski definition) is 3. The highest BCUT2D eigenvalue weighted by Gasteiger charge is 2.08. The fourth-order valence-corrected chi connectivity index (χ4v) is 1.31. The molecule has 1 N–H and O–H groups in total. The smallest absolute Gasteiger partial charge is 0.0623 e. The highest BCUT2D eigenvalue weighted by molar-refractivity contribution is 4.65. The van der Waals surface area contributed by atoms with Crippen LogP contribution in [0.4, 0.5) is 0 Å². The van der Waals surface area contributed by atoms with E-state index in [4.69, 9.17) is 9.47 Å². The third kappa shape index (κ3) is 10.2. The van der Waals surface area contributed by atoms with E-state index in [1.165, 1.54) is 0 Å². The number of likely N-dealkylation sites (N-methyl/N-ethyl adjacent to an activating group) is 1. The number of rotatable bonds is 10. The highest BCUT2D eigenvalue weighted by Crippen LogP contribution is 1.98. The third-order valence-electron chi connectivity index (χ3n) is 2.08. The van der Waals surface area contributed by atoms with Gasteiger partial charge in [-0.2, -0.15) is 0 Å². The molecule has 0 radical (unpaired) electrons. The third-order valence-corrected chi connectivity index (χ3v) is 2.08. The summed E-state index contributed by atoms with van der Waals surface area (Å²) in [7, 11) is 0. The van der Waals surface area contributed by atoms with Crippen LogP contribution in [0.5, 0.6) is 0 Å². The van der Waals surface area contributed by atoms with E-state index in [9.17, 15) is 0 Å². The Morgan fingerprint density at radius 1 is 1.13 bits per heavy atom. The topological polar surface area (TPSA) is 30.5 Å². The highest BCUT2D eigenvalue weighted by atomic mass is 16.5. The second-order valence-electron chi connectivity index (χ2n) is 4.04. The summed E-state index contributed by atoms with van der Waals surface area (Å²) < 4.78 is 11.1. The summed E-state index contributed by atoms with van der Waals surface area (Å²) in [4.78, 5) is 0. The Morgan fingerprint density at radius 3 is 2.40 bits per heavy atom. The van der Waals surface area contributed by atoms with Gasteiger partial charge in [0.1, 0.15) is 0 Å². The van der Waals surface area contributed by atoms with E-state index in [0.717, 1.165) is 39.2 Å². The van der Waals surface area contributed by atoms with Crippen molar-refractivity contribution in [1.82, 2.24) is 5.32 Å². The van der Waals surface area contributed by atoms with Crippen LogP contribution in [0.3, 0.4) is 0 Å². The van der Waals surface area contributed by atoms with E-state index >= 15 is 0 Å². The van der Waals surface area contributed by atoms with E-state index in [-0.39, 0.29) is 0 Å². The minimum atomic E-state index is 0.308. The van der Waals surface area contributed by atoms with Gasteiger partial charge in [0, 0.05) is 19.3 Å². The maximum absolute atomic E-state index is 5.60. The summed E-state index contributed by atoms with van der Waals surface area (Å²) in [5.41, 5.74) is 0. The van der Waals surface area contributed by atoms with Crippen molar-refractivity contribution in [2.75, 3.05) is 26.4 Å². The van der Waals surface area contributed by atoms with Gasteiger partial charge in [0.05, 0.1) is 12.7 Å². The Balaban J connectivity index is 3.53. The predicted molar refractivity (Wildman–Crippen MR) is 64.3 cm³/mol. The maximum atomic E-state index is 5.60. The van der Waals surface area contributed by atoms with Gasteiger partial charge in [0.2, 0.25) is 0 Å². The summed E-state index contributed by atoms with van der Waals surface area (Å²) in [5.74, 6) is 0. The Hall–Kier alpha value is -0.120. The normalized spacial score (nSPS) is 13.4. The van der Waals surface area contributed by atoms with Crippen molar-refractivity contribution >= 4 is 0 Å². The largest absolute Gasteiger partial charge is 0.381 e. The molecule has 0 aliphatic carbocycles. The molecule has 0 heterocycles. The lowest BCUT2D eigenvalue weighted by molar-refractivity contribution is 0.0487. The van der Waals surface area contributed by atoms with E-state index in [1.807, 2.05) is 0 Å². The molecule has 0 amide bonds. The van der Waals surface area contributed by atoms with Crippen molar-refractivity contribution in [2.45, 2.75) is 52.7 Å². The summed E-state index contributed by atoms with van der Waals surface area (Å²) in [6.45, 7) is 11.8. The van der Waals surface area contributed by atoms with Crippen LogP contribution in [0.2, 0.25) is 0 Å². The van der Waals surface area contributed by atoms with Gasteiger partial charge in [-0.1, -0.05) is 13.8 Å². The molecule has 0 bridgehead atoms. The van der Waals surface area contributed by atoms with Gasteiger partial charge in [-0.25, -0.2) is 0 Å². The van der Waals surface area contributed by atoms with Gasteiger partial charge >= 0.3 is 0 Å². The van der Waals surface area contributed by atoms with Crippen LogP contribution in [-0.2, 0) is 9.47 Å². The van der Waals surface area contributed by atoms with Crippen LogP contribution < -0.4 is 5.32 Å². The molecule has 1 atom stereocenters. The second kappa shape index (κ2) is 10.4. The van der Waals surface area contributed by atoms with Crippen LogP contribution in [0.1, 0.15) is 40.5 Å². The van der Waals surface area contributed by atoms with Crippen LogP contribution in [0.25, 0.3) is 0 Å². The summed E-state index contributed by atoms with van der Waals surface area (Å²) in [6.07, 6.45) is 2.43. The summed E-state index contributed by atoms with van der Waals surface area (Å²) >= 11 is 0. The van der Waals surface area contributed by atoms with Crippen molar-refractivity contribution in [2.24, 2.45) is 0 Å². The Kier molecular flexibility index (Phi) is 10.3. The van der Waals surface area contributed by atoms with Gasteiger partial charge in [-0.3, -0.25) is 0 Å². The first-order valence-corrected chi connectivity index (χ1v) is 6.13. The first kappa shape index (κ1) is 14.9. The molecule has 0 fully saturated rings. The SMILES string of the molecule is CCCOCCC(COC(C)C)NCC. The molecular weight excluding hydrogens is 190 g/mol. The zero-order chi connectivity index (χ0) is 11.5. The van der Waals surface area contributed by atoms with Crippen molar-refractivity contribution < 1.29 is 9.47 Å². The molecule has 0 spiro atoms. The van der Waals surface area contributed by atoms with Gasteiger partial charge in [0.15, 0.2) is 0 Å². The molecule has 0 aromatic heterocycles. The molecule has 0 saturated carbocycles. The molecule has 0 aromatic carbocycles. The van der Waals surface area contributed by atoms with E-state index in [2.05, 4.69) is 33.0 Å². The van der Waals surface area contributed by atoms with Gasteiger partial charge in [0.25, 0.3) is 0 Å². The van der Waals surface area contributed by atoms with Crippen molar-refractivity contribution in [3.63, 3.8) is 0 Å². The Bertz CT molecular complexity index is 129. The van der Waals surface area contributed by atoms with Crippen molar-refractivity contribution in [3.05, 3.63) is 0 Å². The Morgan fingerprint density at radius 2 is 1.87 bits per heavy atom. The lowest BCUT2D eigenvalue weighted by Gasteiger charge is -2.19. The van der Waals surface area contributed by atoms with E-state index in [1.54, 1.807) is 0 Å².